The Morgan fingerprint density at radius 3 is 2.71 bits per heavy atom. The standard InChI is InChI=1S/C11H17N5O9P2S/c1-22-8-7(17)5(2-23-27(21,28)25-26(18,19)20)24-11(8)16-4-15-6-9(12)13-3-14-10(6)16/h3-5,7-8,11,17H,2H2,1H3,(H,21,28)(H2,12,13,14)(H2,18,19,20)/t5-,7-,8-,11-,27?/m1/s1. The highest BCUT2D eigenvalue weighted by Gasteiger charge is 2.46. The van der Waals surface area contributed by atoms with Crippen LogP contribution in [-0.2, 0) is 34.7 Å². The molecule has 14 nitrogen and oxygen atoms in total. The maximum atomic E-state index is 10.8. The molecule has 1 saturated heterocycles. The lowest BCUT2D eigenvalue weighted by atomic mass is 10.1. The van der Waals surface area contributed by atoms with E-state index in [9.17, 15) is 14.6 Å². The normalized spacial score (nSPS) is 27.9. The molecule has 0 amide bonds. The summed E-state index contributed by atoms with van der Waals surface area (Å²) in [6, 6.07) is 0. The Hall–Kier alpha value is -1.09. The van der Waals surface area contributed by atoms with Crippen molar-refractivity contribution in [3.05, 3.63) is 12.7 Å². The Morgan fingerprint density at radius 2 is 2.07 bits per heavy atom. The SMILES string of the molecule is CO[C@@H]1[C@H](O)[C@@H](COP(O)(=S)OP(=O)(O)O)O[C@H]1n1cnc2c(N)ncnc21. The van der Waals surface area contributed by atoms with Crippen LogP contribution in [0.5, 0.6) is 0 Å². The monoisotopic (exact) mass is 457 g/mol. The summed E-state index contributed by atoms with van der Waals surface area (Å²) < 4.78 is 32.3. The van der Waals surface area contributed by atoms with E-state index in [1.165, 1.54) is 24.3 Å². The van der Waals surface area contributed by atoms with Gasteiger partial charge < -0.3 is 39.5 Å². The minimum absolute atomic E-state index is 0.159. The van der Waals surface area contributed by atoms with Crippen molar-refractivity contribution >= 4 is 43.3 Å². The summed E-state index contributed by atoms with van der Waals surface area (Å²) in [7, 11) is -3.71. The number of rotatable bonds is 7. The van der Waals surface area contributed by atoms with E-state index in [-0.39, 0.29) is 5.82 Å². The van der Waals surface area contributed by atoms with Gasteiger partial charge in [-0.1, -0.05) is 0 Å². The maximum Gasteiger partial charge on any atom is 0.476 e. The molecule has 3 rings (SSSR count). The molecule has 1 fully saturated rings. The van der Waals surface area contributed by atoms with Gasteiger partial charge in [0.2, 0.25) is 0 Å². The average molecular weight is 457 g/mol. The quantitative estimate of drug-likeness (QED) is 0.317. The van der Waals surface area contributed by atoms with Crippen molar-refractivity contribution < 1.29 is 42.7 Å². The van der Waals surface area contributed by atoms with Crippen LogP contribution in [0.4, 0.5) is 5.82 Å². The molecule has 0 saturated carbocycles. The molecule has 156 valence electrons. The minimum Gasteiger partial charge on any atom is -0.387 e. The number of hydrogen-bond donors (Lipinski definition) is 5. The highest BCUT2D eigenvalue weighted by atomic mass is 32.5. The second-order valence-corrected chi connectivity index (χ2v) is 9.89. The molecule has 3 heterocycles. The predicted molar refractivity (Wildman–Crippen MR) is 96.0 cm³/mol. The van der Waals surface area contributed by atoms with Crippen LogP contribution in [0, 0.1) is 0 Å². The van der Waals surface area contributed by atoms with Crippen molar-refractivity contribution in [3.63, 3.8) is 0 Å². The Balaban J connectivity index is 1.79. The number of nitrogens with zero attached hydrogens (tertiary/aromatic N) is 4. The fraction of sp³-hybridized carbons (Fsp3) is 0.545. The summed E-state index contributed by atoms with van der Waals surface area (Å²) in [5, 5.41) is 10.5. The van der Waals surface area contributed by atoms with E-state index >= 15 is 0 Å². The van der Waals surface area contributed by atoms with Crippen molar-refractivity contribution in [3.8, 4) is 0 Å². The molecular formula is C11H17N5O9P2S. The Labute approximate surface area is 162 Å². The van der Waals surface area contributed by atoms with E-state index in [4.69, 9.17) is 29.5 Å². The van der Waals surface area contributed by atoms with Crippen LogP contribution in [0.25, 0.3) is 11.2 Å². The van der Waals surface area contributed by atoms with Gasteiger partial charge in [0.15, 0.2) is 17.7 Å². The van der Waals surface area contributed by atoms with Gasteiger partial charge in [0, 0.05) is 7.11 Å². The van der Waals surface area contributed by atoms with E-state index in [0.717, 1.165) is 0 Å². The molecule has 1 aliphatic rings. The molecule has 2 aromatic rings. The van der Waals surface area contributed by atoms with Crippen LogP contribution in [0.3, 0.4) is 0 Å². The molecule has 17 heteroatoms. The van der Waals surface area contributed by atoms with E-state index in [1.807, 2.05) is 0 Å². The van der Waals surface area contributed by atoms with Crippen molar-refractivity contribution in [1.82, 2.24) is 19.5 Å². The van der Waals surface area contributed by atoms with Gasteiger partial charge in [0.25, 0.3) is 0 Å². The lowest BCUT2D eigenvalue weighted by Gasteiger charge is -2.20. The first-order valence-electron chi connectivity index (χ1n) is 7.56. The third-order valence-corrected chi connectivity index (χ3v) is 6.93. The fourth-order valence-electron chi connectivity index (χ4n) is 2.72. The van der Waals surface area contributed by atoms with Gasteiger partial charge in [-0.2, -0.15) is 0 Å². The number of hydrogen-bond acceptors (Lipinski definition) is 11. The van der Waals surface area contributed by atoms with Crippen LogP contribution in [0.15, 0.2) is 12.7 Å². The molecule has 0 aromatic carbocycles. The number of nitrogens with two attached hydrogens (primary N) is 1. The van der Waals surface area contributed by atoms with E-state index in [2.05, 4.69) is 31.1 Å². The molecule has 0 bridgehead atoms. The number of aliphatic hydroxyl groups is 1. The fourth-order valence-corrected chi connectivity index (χ4v) is 5.28. The Morgan fingerprint density at radius 1 is 1.36 bits per heavy atom. The van der Waals surface area contributed by atoms with Crippen LogP contribution in [0.2, 0.25) is 0 Å². The van der Waals surface area contributed by atoms with Gasteiger partial charge >= 0.3 is 14.5 Å². The Kier molecular flexibility index (Phi) is 6.15. The number of anilines is 1. The first-order valence-corrected chi connectivity index (χ1v) is 11.7. The van der Waals surface area contributed by atoms with Gasteiger partial charge in [0.1, 0.15) is 30.2 Å². The van der Waals surface area contributed by atoms with Crippen molar-refractivity contribution in [2.45, 2.75) is 24.5 Å². The summed E-state index contributed by atoms with van der Waals surface area (Å²) in [5.41, 5.74) is 6.42. The van der Waals surface area contributed by atoms with Crippen LogP contribution in [0.1, 0.15) is 6.23 Å². The molecule has 28 heavy (non-hydrogen) atoms. The first-order chi connectivity index (χ1) is 13.0. The van der Waals surface area contributed by atoms with Crippen molar-refractivity contribution in [1.29, 1.82) is 0 Å². The largest absolute Gasteiger partial charge is 0.476 e. The number of aliphatic hydroxyl groups excluding tert-OH is 1. The summed E-state index contributed by atoms with van der Waals surface area (Å²) in [6.07, 6.45) is -1.47. The lowest BCUT2D eigenvalue weighted by molar-refractivity contribution is -0.0567. The zero-order valence-electron chi connectivity index (χ0n) is 14.2. The number of nitrogen functional groups attached to an aromatic ring is 1. The number of fused-ring (bicyclic) bond motifs is 1. The van der Waals surface area contributed by atoms with E-state index in [1.54, 1.807) is 0 Å². The topological polar surface area (TPSA) is 205 Å². The van der Waals surface area contributed by atoms with Gasteiger partial charge in [0.05, 0.1) is 12.9 Å². The number of phosphoric acid groups is 1. The minimum atomic E-state index is -5.06. The summed E-state index contributed by atoms with van der Waals surface area (Å²) in [4.78, 5) is 39.3. The predicted octanol–water partition coefficient (Wildman–Crippen LogP) is -0.976. The van der Waals surface area contributed by atoms with Gasteiger partial charge in [-0.15, -0.1) is 0 Å². The molecular weight excluding hydrogens is 440 g/mol. The molecule has 2 aromatic heterocycles. The van der Waals surface area contributed by atoms with Crippen LogP contribution < -0.4 is 5.73 Å². The summed E-state index contributed by atoms with van der Waals surface area (Å²) in [5.74, 6) is 0.159. The lowest BCUT2D eigenvalue weighted by Crippen LogP contribution is -2.35. The van der Waals surface area contributed by atoms with Crippen LogP contribution >= 0.6 is 14.5 Å². The van der Waals surface area contributed by atoms with E-state index < -0.39 is 45.7 Å². The molecule has 1 unspecified atom stereocenters. The highest BCUT2D eigenvalue weighted by molar-refractivity contribution is 8.08. The van der Waals surface area contributed by atoms with E-state index in [0.29, 0.717) is 11.2 Å². The third kappa shape index (κ3) is 4.56. The van der Waals surface area contributed by atoms with Gasteiger partial charge in [-0.3, -0.25) is 4.57 Å². The molecule has 0 aliphatic carbocycles. The second-order valence-electron chi connectivity index (χ2n) is 5.68. The average Bonchev–Trinajstić information content (AvgIpc) is 3.12. The molecule has 1 aliphatic heterocycles. The van der Waals surface area contributed by atoms with Crippen molar-refractivity contribution in [2.75, 3.05) is 19.5 Å². The summed E-state index contributed by atoms with van der Waals surface area (Å²) >= 11 is 4.52. The molecule has 5 atom stereocenters. The number of aromatic nitrogens is 4. The van der Waals surface area contributed by atoms with Crippen LogP contribution in [-0.4, -0.2) is 71.3 Å². The molecule has 6 N–H and O–H groups in total. The highest BCUT2D eigenvalue weighted by Crippen LogP contribution is 2.58. The molecule has 0 radical (unpaired) electrons. The zero-order valence-corrected chi connectivity index (χ0v) is 16.8. The third-order valence-electron chi connectivity index (χ3n) is 3.86. The second kappa shape index (κ2) is 7.97. The summed E-state index contributed by atoms with van der Waals surface area (Å²) in [6.45, 7) is -4.78. The first kappa shape index (κ1) is 21.6. The zero-order chi connectivity index (χ0) is 20.7. The van der Waals surface area contributed by atoms with Gasteiger partial charge in [-0.05, 0) is 11.8 Å². The van der Waals surface area contributed by atoms with Gasteiger partial charge in [-0.25, -0.2) is 23.8 Å². The van der Waals surface area contributed by atoms with Crippen molar-refractivity contribution in [2.24, 2.45) is 0 Å². The number of methoxy groups -OCH3 is 1. The molecule has 0 spiro atoms. The number of ether oxygens (including phenoxy) is 2. The number of imidazole rings is 1. The smallest absolute Gasteiger partial charge is 0.387 e. The Bertz CT molecular complexity index is 954. The maximum absolute atomic E-state index is 10.8.